The number of anilines is 2. The van der Waals surface area contributed by atoms with E-state index in [-0.39, 0.29) is 12.5 Å². The summed E-state index contributed by atoms with van der Waals surface area (Å²) >= 11 is 3.41. The number of carbonyl (C=O) groups is 1. The predicted octanol–water partition coefficient (Wildman–Crippen LogP) is 4.67. The number of aromatic nitrogens is 3. The van der Waals surface area contributed by atoms with Crippen LogP contribution in [0.4, 0.5) is 11.4 Å². The van der Waals surface area contributed by atoms with Gasteiger partial charge in [-0.25, -0.2) is 0 Å². The van der Waals surface area contributed by atoms with Gasteiger partial charge in [-0.3, -0.25) is 4.79 Å². The molecule has 0 aliphatic carbocycles. The first-order chi connectivity index (χ1) is 14.5. The molecule has 0 radical (unpaired) electrons. The lowest BCUT2D eigenvalue weighted by molar-refractivity contribution is -0.116. The molecule has 0 atom stereocenters. The van der Waals surface area contributed by atoms with Gasteiger partial charge in [0.1, 0.15) is 12.2 Å². The van der Waals surface area contributed by atoms with E-state index >= 15 is 0 Å². The van der Waals surface area contributed by atoms with Crippen molar-refractivity contribution in [2.75, 3.05) is 24.3 Å². The lowest BCUT2D eigenvalue weighted by Gasteiger charge is -2.13. The fourth-order valence-electron chi connectivity index (χ4n) is 2.99. The quantitative estimate of drug-likeness (QED) is 0.447. The van der Waals surface area contributed by atoms with Gasteiger partial charge < -0.3 is 19.3 Å². The Bertz CT molecular complexity index is 1150. The Morgan fingerprint density at radius 3 is 2.53 bits per heavy atom. The summed E-state index contributed by atoms with van der Waals surface area (Å²) in [5.41, 5.74) is 3.35. The van der Waals surface area contributed by atoms with Crippen LogP contribution in [0.15, 0.2) is 75.9 Å². The molecule has 30 heavy (non-hydrogen) atoms. The van der Waals surface area contributed by atoms with Gasteiger partial charge in [0.15, 0.2) is 0 Å². The minimum absolute atomic E-state index is 0.133. The number of hydrogen-bond donors (Lipinski definition) is 1. The zero-order chi connectivity index (χ0) is 21.1. The van der Waals surface area contributed by atoms with E-state index < -0.39 is 0 Å². The van der Waals surface area contributed by atoms with Gasteiger partial charge in [-0.2, -0.15) is 4.98 Å². The molecule has 8 heteroatoms. The van der Waals surface area contributed by atoms with Gasteiger partial charge in [-0.1, -0.05) is 21.1 Å². The zero-order valence-electron chi connectivity index (χ0n) is 16.5. The average molecular weight is 466 g/mol. The number of hydrogen-bond acceptors (Lipinski definition) is 5. The first kappa shape index (κ1) is 19.9. The van der Waals surface area contributed by atoms with Gasteiger partial charge in [0, 0.05) is 41.7 Å². The lowest BCUT2D eigenvalue weighted by Crippen LogP contribution is -2.19. The number of amides is 1. The normalized spacial score (nSPS) is 10.8. The van der Waals surface area contributed by atoms with Crippen LogP contribution in [0.1, 0.15) is 0 Å². The van der Waals surface area contributed by atoms with Crippen molar-refractivity contribution >= 4 is 33.2 Å². The topological polar surface area (TPSA) is 76.2 Å². The molecular formula is C22H20BrN5O2. The summed E-state index contributed by atoms with van der Waals surface area (Å²) < 4.78 is 8.20. The molecule has 0 aliphatic heterocycles. The molecule has 0 fully saturated rings. The van der Waals surface area contributed by atoms with Crippen LogP contribution in [0.5, 0.6) is 0 Å². The van der Waals surface area contributed by atoms with Gasteiger partial charge >= 0.3 is 0 Å². The smallest absolute Gasteiger partial charge is 0.274 e. The maximum Gasteiger partial charge on any atom is 0.274 e. The fourth-order valence-corrected chi connectivity index (χ4v) is 3.25. The van der Waals surface area contributed by atoms with Crippen LogP contribution in [-0.2, 0) is 11.3 Å². The van der Waals surface area contributed by atoms with E-state index in [0.29, 0.717) is 17.4 Å². The fraction of sp³-hybridized carbons (Fsp3) is 0.136. The molecule has 2 heterocycles. The Morgan fingerprint density at radius 2 is 1.83 bits per heavy atom. The van der Waals surface area contributed by atoms with Gasteiger partial charge in [-0.05, 0) is 60.7 Å². The van der Waals surface area contributed by atoms with E-state index in [1.54, 1.807) is 4.57 Å². The van der Waals surface area contributed by atoms with Crippen molar-refractivity contribution in [3.05, 3.63) is 71.3 Å². The summed E-state index contributed by atoms with van der Waals surface area (Å²) in [7, 11) is 3.95. The molecule has 152 valence electrons. The van der Waals surface area contributed by atoms with E-state index in [0.717, 1.165) is 21.4 Å². The third-order valence-electron chi connectivity index (χ3n) is 4.56. The lowest BCUT2D eigenvalue weighted by atomic mass is 10.2. The van der Waals surface area contributed by atoms with E-state index in [1.165, 1.54) is 0 Å². The highest BCUT2D eigenvalue weighted by Gasteiger charge is 2.15. The number of nitrogens with zero attached hydrogens (tertiary/aromatic N) is 4. The Morgan fingerprint density at radius 1 is 1.10 bits per heavy atom. The van der Waals surface area contributed by atoms with Crippen molar-refractivity contribution in [3.63, 3.8) is 0 Å². The summed E-state index contributed by atoms with van der Waals surface area (Å²) in [6.45, 7) is 0.133. The number of rotatable bonds is 6. The van der Waals surface area contributed by atoms with Crippen LogP contribution < -0.4 is 10.2 Å². The molecule has 4 aromatic rings. The van der Waals surface area contributed by atoms with Crippen molar-refractivity contribution in [3.8, 4) is 23.0 Å². The van der Waals surface area contributed by atoms with Crippen molar-refractivity contribution in [1.82, 2.24) is 14.7 Å². The van der Waals surface area contributed by atoms with E-state index in [1.807, 2.05) is 85.9 Å². The summed E-state index contributed by atoms with van der Waals surface area (Å²) in [5, 5.41) is 6.98. The van der Waals surface area contributed by atoms with Gasteiger partial charge in [-0.15, -0.1) is 0 Å². The summed E-state index contributed by atoms with van der Waals surface area (Å²) in [4.78, 5) is 19.0. The van der Waals surface area contributed by atoms with E-state index in [4.69, 9.17) is 4.52 Å². The Kier molecular flexibility index (Phi) is 5.67. The van der Waals surface area contributed by atoms with Crippen LogP contribution >= 0.6 is 15.9 Å². The Balaban J connectivity index is 1.47. The molecule has 1 N–H and O–H groups in total. The van der Waals surface area contributed by atoms with E-state index in [9.17, 15) is 4.79 Å². The summed E-state index contributed by atoms with van der Waals surface area (Å²) in [6.07, 6.45) is 1.81. The number of carbonyl (C=O) groups excluding carboxylic acids is 1. The second-order valence-corrected chi connectivity index (χ2v) is 7.86. The van der Waals surface area contributed by atoms with Crippen LogP contribution in [0.25, 0.3) is 23.0 Å². The van der Waals surface area contributed by atoms with Crippen molar-refractivity contribution in [1.29, 1.82) is 0 Å². The van der Waals surface area contributed by atoms with Crippen LogP contribution in [0.3, 0.4) is 0 Å². The first-order valence-electron chi connectivity index (χ1n) is 9.32. The number of benzene rings is 2. The van der Waals surface area contributed by atoms with E-state index in [2.05, 4.69) is 31.4 Å². The van der Waals surface area contributed by atoms with Crippen LogP contribution in [0.2, 0.25) is 0 Å². The molecule has 0 aliphatic rings. The number of halogens is 1. The highest BCUT2D eigenvalue weighted by molar-refractivity contribution is 9.10. The second-order valence-electron chi connectivity index (χ2n) is 6.94. The SMILES string of the molecule is CN(C)c1ccc(NC(=O)Cn2cccc2-c2nc(-c3ccc(Br)cc3)no2)cc1. The van der Waals surface area contributed by atoms with Gasteiger partial charge in [0.05, 0.1) is 0 Å². The molecule has 7 nitrogen and oxygen atoms in total. The van der Waals surface area contributed by atoms with Crippen molar-refractivity contribution in [2.24, 2.45) is 0 Å². The Hall–Kier alpha value is -3.39. The maximum absolute atomic E-state index is 12.5. The van der Waals surface area contributed by atoms with Gasteiger partial charge in [0.25, 0.3) is 5.89 Å². The minimum atomic E-state index is -0.141. The molecule has 0 spiro atoms. The van der Waals surface area contributed by atoms with Gasteiger partial charge in [0.2, 0.25) is 11.7 Å². The molecule has 2 aromatic heterocycles. The van der Waals surface area contributed by atoms with Crippen LogP contribution in [0, 0.1) is 0 Å². The minimum Gasteiger partial charge on any atom is -0.378 e. The molecule has 0 saturated heterocycles. The van der Waals surface area contributed by atoms with Crippen LogP contribution in [-0.4, -0.2) is 34.7 Å². The largest absolute Gasteiger partial charge is 0.378 e. The third-order valence-corrected chi connectivity index (χ3v) is 5.09. The highest BCUT2D eigenvalue weighted by Crippen LogP contribution is 2.24. The molecular weight excluding hydrogens is 446 g/mol. The standard InChI is InChI=1S/C22H20BrN5O2/c1-27(2)18-11-9-17(10-12-18)24-20(29)14-28-13-3-4-19(28)22-25-21(26-30-22)15-5-7-16(23)8-6-15/h3-13H,14H2,1-2H3,(H,24,29). The molecule has 1 amide bonds. The predicted molar refractivity (Wildman–Crippen MR) is 120 cm³/mol. The maximum atomic E-state index is 12.5. The second kappa shape index (κ2) is 8.54. The number of nitrogens with one attached hydrogen (secondary N) is 1. The zero-order valence-corrected chi connectivity index (χ0v) is 18.1. The van der Waals surface area contributed by atoms with Crippen molar-refractivity contribution < 1.29 is 9.32 Å². The van der Waals surface area contributed by atoms with Crippen molar-refractivity contribution in [2.45, 2.75) is 6.54 Å². The molecule has 0 bridgehead atoms. The molecule has 0 unspecified atom stereocenters. The highest BCUT2D eigenvalue weighted by atomic mass is 79.9. The average Bonchev–Trinajstić information content (AvgIpc) is 3.38. The monoisotopic (exact) mass is 465 g/mol. The third kappa shape index (κ3) is 4.44. The summed E-state index contributed by atoms with van der Waals surface area (Å²) in [5.74, 6) is 0.717. The molecule has 4 rings (SSSR count). The molecule has 0 saturated carbocycles. The Labute approximate surface area is 182 Å². The summed E-state index contributed by atoms with van der Waals surface area (Å²) in [6, 6.07) is 19.0. The molecule has 2 aromatic carbocycles. The first-order valence-corrected chi connectivity index (χ1v) is 10.1.